The molecule has 3 unspecified atom stereocenters. The van der Waals surface area contributed by atoms with Crippen molar-refractivity contribution in [1.82, 2.24) is 39.9 Å². The zero-order chi connectivity index (χ0) is 44.0. The smallest absolute Gasteiger partial charge is 0.273 e. The number of fused-ring (bicyclic) bond motifs is 7. The fourth-order valence-electron chi connectivity index (χ4n) is 11.1. The van der Waals surface area contributed by atoms with Crippen LogP contribution in [0.3, 0.4) is 0 Å². The molecule has 0 spiro atoms. The van der Waals surface area contributed by atoms with Crippen molar-refractivity contribution in [3.05, 3.63) is 110 Å². The Morgan fingerprint density at radius 2 is 1.53 bits per heavy atom. The number of nitrogens with two attached hydrogens (primary N) is 2. The second kappa shape index (κ2) is 15.6. The summed E-state index contributed by atoms with van der Waals surface area (Å²) >= 11 is 6.74. The SMILES string of the molecule is CCOc1ccc(CN(C(=O)c2cc3c4c(c(N)nc3cn2)COC4)C2CC3(C4CC4c4ccc(CN(C(=O)c5cc6c7c(c(N)nc6cc5Cl)COC7)C(C)C)nc4)CC2C3)nn1. The molecule has 328 valence electrons. The fraction of sp³-hybridized carbons (Fsp3) is 0.417. The molecule has 5 aromatic heterocycles. The number of anilines is 2. The highest BCUT2D eigenvalue weighted by Gasteiger charge is 2.66. The summed E-state index contributed by atoms with van der Waals surface area (Å²) < 4.78 is 17.0. The highest BCUT2D eigenvalue weighted by atomic mass is 35.5. The Labute approximate surface area is 374 Å². The summed E-state index contributed by atoms with van der Waals surface area (Å²) in [4.78, 5) is 51.3. The first kappa shape index (κ1) is 40.7. The van der Waals surface area contributed by atoms with E-state index in [4.69, 9.17) is 42.3 Å². The summed E-state index contributed by atoms with van der Waals surface area (Å²) in [5, 5.41) is 10.7. The summed E-state index contributed by atoms with van der Waals surface area (Å²) in [5.74, 6) is 2.28. The van der Waals surface area contributed by atoms with Gasteiger partial charge in [0.15, 0.2) is 0 Å². The van der Waals surface area contributed by atoms with Crippen molar-refractivity contribution < 1.29 is 23.8 Å². The molecule has 6 aromatic rings. The molecule has 3 atom stereocenters. The van der Waals surface area contributed by atoms with Gasteiger partial charge in [-0.05, 0) is 117 Å². The van der Waals surface area contributed by atoms with Crippen molar-refractivity contribution in [3.63, 3.8) is 0 Å². The molecule has 12 rings (SSSR count). The van der Waals surface area contributed by atoms with Gasteiger partial charge in [0.05, 0.1) is 85.3 Å². The van der Waals surface area contributed by atoms with Crippen LogP contribution in [0.5, 0.6) is 5.88 Å². The Bertz CT molecular complexity index is 2870. The quantitative estimate of drug-likeness (QED) is 0.124. The van der Waals surface area contributed by atoms with Crippen LogP contribution in [0, 0.1) is 17.3 Å². The van der Waals surface area contributed by atoms with Crippen molar-refractivity contribution in [2.75, 3.05) is 18.1 Å². The van der Waals surface area contributed by atoms with Crippen LogP contribution in [0.4, 0.5) is 11.6 Å². The highest BCUT2D eigenvalue weighted by molar-refractivity contribution is 6.34. The van der Waals surface area contributed by atoms with Crippen LogP contribution >= 0.6 is 11.6 Å². The van der Waals surface area contributed by atoms with E-state index in [0.29, 0.717) is 114 Å². The lowest BCUT2D eigenvalue weighted by molar-refractivity contribution is 0.0585. The van der Waals surface area contributed by atoms with Gasteiger partial charge in [0.1, 0.15) is 17.3 Å². The van der Waals surface area contributed by atoms with Gasteiger partial charge >= 0.3 is 0 Å². The lowest BCUT2D eigenvalue weighted by Gasteiger charge is -2.40. The number of aromatic nitrogens is 6. The third kappa shape index (κ3) is 6.86. The van der Waals surface area contributed by atoms with E-state index < -0.39 is 0 Å². The molecule has 64 heavy (non-hydrogen) atoms. The molecule has 16 heteroatoms. The number of halogens is 1. The number of rotatable bonds is 12. The number of carbonyl (C=O) groups is 2. The number of pyridine rings is 4. The molecule has 4 fully saturated rings. The zero-order valence-electron chi connectivity index (χ0n) is 36.0. The Morgan fingerprint density at radius 3 is 2.20 bits per heavy atom. The van der Waals surface area contributed by atoms with E-state index in [-0.39, 0.29) is 29.3 Å². The van der Waals surface area contributed by atoms with E-state index in [1.54, 1.807) is 23.2 Å². The first-order chi connectivity index (χ1) is 31.0. The minimum atomic E-state index is -0.173. The number of hydrogen-bond donors (Lipinski definition) is 2. The minimum Gasteiger partial charge on any atom is -0.477 e. The van der Waals surface area contributed by atoms with Crippen molar-refractivity contribution in [1.29, 1.82) is 0 Å². The van der Waals surface area contributed by atoms with Crippen molar-refractivity contribution >= 4 is 56.9 Å². The van der Waals surface area contributed by atoms with Crippen LogP contribution in [0.15, 0.2) is 54.9 Å². The second-order valence-corrected chi connectivity index (χ2v) is 18.8. The number of ether oxygens (including phenoxy) is 3. The lowest BCUT2D eigenvalue weighted by Crippen LogP contribution is -2.42. The third-order valence-electron chi connectivity index (χ3n) is 14.4. The van der Waals surface area contributed by atoms with Gasteiger partial charge in [-0.25, -0.2) is 15.0 Å². The van der Waals surface area contributed by atoms with Gasteiger partial charge in [-0.1, -0.05) is 17.7 Å². The van der Waals surface area contributed by atoms with Gasteiger partial charge in [-0.3, -0.25) is 14.6 Å². The minimum absolute atomic E-state index is 0.0259. The van der Waals surface area contributed by atoms with E-state index in [2.05, 4.69) is 31.2 Å². The Hall–Kier alpha value is -6.03. The van der Waals surface area contributed by atoms with Crippen LogP contribution in [0.1, 0.15) is 112 Å². The summed E-state index contributed by atoms with van der Waals surface area (Å²) in [6.45, 7) is 8.67. The van der Waals surface area contributed by atoms with E-state index in [1.165, 1.54) is 5.56 Å². The van der Waals surface area contributed by atoms with E-state index in [9.17, 15) is 9.59 Å². The molecule has 2 bridgehead atoms. The Balaban J connectivity index is 0.803. The van der Waals surface area contributed by atoms with Gasteiger partial charge in [0.25, 0.3) is 11.8 Å². The van der Waals surface area contributed by atoms with Gasteiger partial charge in [-0.2, -0.15) is 5.10 Å². The van der Waals surface area contributed by atoms with Gasteiger partial charge < -0.3 is 35.5 Å². The summed E-state index contributed by atoms with van der Waals surface area (Å²) in [6, 6.07) is 13.2. The molecule has 6 aliphatic rings. The van der Waals surface area contributed by atoms with E-state index >= 15 is 0 Å². The number of hydrogen-bond acceptors (Lipinski definition) is 13. The predicted octanol–water partition coefficient (Wildman–Crippen LogP) is 7.31. The van der Waals surface area contributed by atoms with Crippen molar-refractivity contribution in [2.45, 2.75) is 104 Å². The lowest BCUT2D eigenvalue weighted by atomic mass is 9.65. The zero-order valence-corrected chi connectivity index (χ0v) is 36.8. The van der Waals surface area contributed by atoms with Crippen LogP contribution < -0.4 is 16.2 Å². The van der Waals surface area contributed by atoms with Crippen molar-refractivity contribution in [3.8, 4) is 5.88 Å². The first-order valence-corrected chi connectivity index (χ1v) is 22.5. The summed E-state index contributed by atoms with van der Waals surface area (Å²) in [6.07, 6.45) is 7.78. The number of nitrogen functional groups attached to an aromatic ring is 2. The largest absolute Gasteiger partial charge is 0.477 e. The molecule has 1 aromatic carbocycles. The normalized spacial score (nSPS) is 22.7. The number of benzene rings is 1. The standard InChI is InChI=1S/C48H49ClN10O5/c1-4-64-43-8-7-28(56-57-43)19-59(47(61)40-11-31-34-21-63-23-36(34)45(51)55-41(31)17-53-40)42-15-48(13-26(42)14-48)37-10-29(37)25-5-6-27(52-16-25)18-58(24(2)3)46(60)32-9-30-33-20-62-22-35(33)44(50)54-39(30)12-38(32)49/h5-9,11-12,16-17,24,26,29,37,42H,4,10,13-15,18-23H2,1-3H3,(H2,50,54)(H2,51,55). The van der Waals surface area contributed by atoms with E-state index in [0.717, 1.165) is 64.4 Å². The topological polar surface area (TPSA) is 198 Å². The van der Waals surface area contributed by atoms with Crippen LogP contribution in [-0.2, 0) is 49.0 Å². The van der Waals surface area contributed by atoms with Gasteiger partial charge in [-0.15, -0.1) is 5.10 Å². The average molecular weight is 881 g/mol. The van der Waals surface area contributed by atoms with Crippen LogP contribution in [0.25, 0.3) is 21.8 Å². The van der Waals surface area contributed by atoms with Gasteiger partial charge in [0, 0.05) is 46.2 Å². The molecule has 7 heterocycles. The fourth-order valence-corrected chi connectivity index (χ4v) is 11.3. The molecule has 4 N–H and O–H groups in total. The number of amides is 2. The molecule has 4 aliphatic carbocycles. The van der Waals surface area contributed by atoms with E-state index in [1.807, 2.05) is 56.1 Å². The molecule has 2 aliphatic heterocycles. The molecular weight excluding hydrogens is 832 g/mol. The molecule has 0 radical (unpaired) electrons. The van der Waals surface area contributed by atoms with Crippen molar-refractivity contribution in [2.24, 2.45) is 17.3 Å². The molecule has 15 nitrogen and oxygen atoms in total. The Kier molecular flexibility index (Phi) is 9.92. The summed E-state index contributed by atoms with van der Waals surface area (Å²) in [5.41, 5.74) is 21.0. The molecule has 0 saturated heterocycles. The maximum absolute atomic E-state index is 14.7. The number of carbonyl (C=O) groups excluding carboxylic acids is 2. The molecule has 2 amide bonds. The monoisotopic (exact) mass is 880 g/mol. The van der Waals surface area contributed by atoms with Gasteiger partial charge in [0.2, 0.25) is 5.88 Å². The maximum atomic E-state index is 14.7. The maximum Gasteiger partial charge on any atom is 0.273 e. The van der Waals surface area contributed by atoms with Crippen LogP contribution in [0.2, 0.25) is 5.02 Å². The third-order valence-corrected chi connectivity index (χ3v) is 14.7. The first-order valence-electron chi connectivity index (χ1n) is 22.1. The number of nitrogens with zero attached hydrogens (tertiary/aromatic N) is 8. The Morgan fingerprint density at radius 1 is 0.828 bits per heavy atom. The van der Waals surface area contributed by atoms with Crippen LogP contribution in [-0.4, -0.2) is 70.4 Å². The summed E-state index contributed by atoms with van der Waals surface area (Å²) in [7, 11) is 0. The molecule has 4 saturated carbocycles. The molecular formula is C48H49ClN10O5. The predicted molar refractivity (Wildman–Crippen MR) is 239 cm³/mol. The second-order valence-electron chi connectivity index (χ2n) is 18.4. The average Bonchev–Trinajstić information content (AvgIpc) is 3.69. The highest BCUT2D eigenvalue weighted by Crippen LogP contribution is 2.73.